The largest absolute Gasteiger partial charge is 0.399 e. The second-order valence-corrected chi connectivity index (χ2v) is 4.67. The second kappa shape index (κ2) is 4.83. The van der Waals surface area contributed by atoms with E-state index in [-0.39, 0.29) is 5.82 Å². The lowest BCUT2D eigenvalue weighted by Gasteiger charge is -2.33. The first-order valence-electron chi connectivity index (χ1n) is 5.95. The molecule has 0 aliphatic carbocycles. The van der Waals surface area contributed by atoms with Gasteiger partial charge in [0.1, 0.15) is 5.82 Å². The number of piperidine rings is 1. The van der Waals surface area contributed by atoms with Crippen LogP contribution in [-0.4, -0.2) is 17.5 Å². The number of anilines is 1. The smallest absolute Gasteiger partial charge is 0.129 e. The average molecular weight is 222 g/mol. The van der Waals surface area contributed by atoms with Crippen LogP contribution in [0.5, 0.6) is 0 Å². The number of hydrogen-bond acceptors (Lipinski definition) is 2. The van der Waals surface area contributed by atoms with Gasteiger partial charge in [0, 0.05) is 23.8 Å². The number of nitrogen functional groups attached to an aromatic ring is 1. The molecule has 1 aromatic carbocycles. The molecule has 1 aliphatic rings. The molecule has 1 aromatic rings. The molecule has 16 heavy (non-hydrogen) atoms. The molecule has 1 heterocycles. The molecule has 2 N–H and O–H groups in total. The number of benzene rings is 1. The van der Waals surface area contributed by atoms with Crippen molar-refractivity contribution in [2.75, 3.05) is 12.3 Å². The molecule has 0 aromatic heterocycles. The van der Waals surface area contributed by atoms with Crippen LogP contribution in [0.15, 0.2) is 18.2 Å². The Kier molecular flexibility index (Phi) is 3.44. The summed E-state index contributed by atoms with van der Waals surface area (Å²) in [5.41, 5.74) is 6.78. The molecule has 0 saturated carbocycles. The van der Waals surface area contributed by atoms with Gasteiger partial charge in [0.25, 0.3) is 0 Å². The number of nitrogens with two attached hydrogens (primary N) is 1. The minimum atomic E-state index is -0.183. The Hall–Kier alpha value is -1.09. The topological polar surface area (TPSA) is 29.3 Å². The van der Waals surface area contributed by atoms with Crippen molar-refractivity contribution in [2.45, 2.75) is 38.8 Å². The van der Waals surface area contributed by atoms with Crippen LogP contribution < -0.4 is 5.73 Å². The molecule has 0 radical (unpaired) electrons. The fourth-order valence-corrected chi connectivity index (χ4v) is 2.30. The van der Waals surface area contributed by atoms with E-state index in [4.69, 9.17) is 5.73 Å². The summed E-state index contributed by atoms with van der Waals surface area (Å²) in [4.78, 5) is 2.35. The van der Waals surface area contributed by atoms with Crippen molar-refractivity contribution in [1.82, 2.24) is 4.90 Å². The zero-order valence-corrected chi connectivity index (χ0v) is 9.75. The van der Waals surface area contributed by atoms with Crippen molar-refractivity contribution >= 4 is 5.69 Å². The van der Waals surface area contributed by atoms with E-state index in [1.54, 1.807) is 12.1 Å². The van der Waals surface area contributed by atoms with Gasteiger partial charge in [-0.25, -0.2) is 4.39 Å². The molecule has 1 atom stereocenters. The van der Waals surface area contributed by atoms with Crippen LogP contribution in [0, 0.1) is 5.82 Å². The zero-order chi connectivity index (χ0) is 11.5. The first kappa shape index (κ1) is 11.4. The molecule has 0 amide bonds. The number of likely N-dealkylation sites (tertiary alicyclic amines) is 1. The summed E-state index contributed by atoms with van der Waals surface area (Å²) in [6.45, 7) is 3.99. The third-order valence-corrected chi connectivity index (χ3v) is 3.39. The van der Waals surface area contributed by atoms with Crippen LogP contribution in [0.25, 0.3) is 0 Å². The van der Waals surface area contributed by atoms with E-state index < -0.39 is 0 Å². The Balaban J connectivity index is 2.07. The quantitative estimate of drug-likeness (QED) is 0.780. The van der Waals surface area contributed by atoms with Gasteiger partial charge in [0.2, 0.25) is 0 Å². The van der Waals surface area contributed by atoms with Crippen LogP contribution in [0.4, 0.5) is 10.1 Å². The number of rotatable bonds is 2. The highest BCUT2D eigenvalue weighted by atomic mass is 19.1. The lowest BCUT2D eigenvalue weighted by Crippen LogP contribution is -2.36. The molecule has 88 valence electrons. The third-order valence-electron chi connectivity index (χ3n) is 3.39. The molecule has 3 heteroatoms. The molecule has 1 fully saturated rings. The van der Waals surface area contributed by atoms with Gasteiger partial charge in [-0.05, 0) is 38.4 Å². The van der Waals surface area contributed by atoms with E-state index >= 15 is 0 Å². The van der Waals surface area contributed by atoms with Gasteiger partial charge in [0.15, 0.2) is 0 Å². The Morgan fingerprint density at radius 3 is 2.94 bits per heavy atom. The Bertz CT molecular complexity index is 365. The lowest BCUT2D eigenvalue weighted by atomic mass is 10.0. The van der Waals surface area contributed by atoms with Crippen molar-refractivity contribution in [3.8, 4) is 0 Å². The SMILES string of the molecule is CC1CCCCN1Cc1ccc(N)cc1F. The van der Waals surface area contributed by atoms with E-state index in [0.717, 1.165) is 12.1 Å². The number of halogens is 1. The van der Waals surface area contributed by atoms with E-state index in [2.05, 4.69) is 11.8 Å². The van der Waals surface area contributed by atoms with Gasteiger partial charge in [-0.2, -0.15) is 0 Å². The Morgan fingerprint density at radius 1 is 1.44 bits per heavy atom. The van der Waals surface area contributed by atoms with E-state index in [1.165, 1.54) is 25.3 Å². The maximum absolute atomic E-state index is 13.6. The first-order valence-corrected chi connectivity index (χ1v) is 5.95. The number of hydrogen-bond donors (Lipinski definition) is 1. The second-order valence-electron chi connectivity index (χ2n) is 4.67. The van der Waals surface area contributed by atoms with E-state index in [1.807, 2.05) is 0 Å². The van der Waals surface area contributed by atoms with Crippen LogP contribution in [0.1, 0.15) is 31.7 Å². The third kappa shape index (κ3) is 2.53. The first-order chi connectivity index (χ1) is 7.66. The summed E-state index contributed by atoms with van der Waals surface area (Å²) in [5, 5.41) is 0. The van der Waals surface area contributed by atoms with Crippen LogP contribution in [0.2, 0.25) is 0 Å². The predicted molar refractivity (Wildman–Crippen MR) is 64.5 cm³/mol. The lowest BCUT2D eigenvalue weighted by molar-refractivity contribution is 0.151. The van der Waals surface area contributed by atoms with Gasteiger partial charge >= 0.3 is 0 Å². The highest BCUT2D eigenvalue weighted by Gasteiger charge is 2.19. The Labute approximate surface area is 96.2 Å². The summed E-state index contributed by atoms with van der Waals surface area (Å²) in [5.74, 6) is -0.183. The van der Waals surface area contributed by atoms with E-state index in [0.29, 0.717) is 18.3 Å². The normalized spacial score (nSPS) is 22.2. The molecule has 1 aliphatic heterocycles. The fraction of sp³-hybridized carbons (Fsp3) is 0.538. The predicted octanol–water partition coefficient (Wildman–Crippen LogP) is 2.78. The maximum Gasteiger partial charge on any atom is 0.129 e. The molecule has 1 saturated heterocycles. The fourth-order valence-electron chi connectivity index (χ4n) is 2.30. The minimum absolute atomic E-state index is 0.183. The van der Waals surface area contributed by atoms with Gasteiger partial charge in [-0.3, -0.25) is 4.90 Å². The zero-order valence-electron chi connectivity index (χ0n) is 9.75. The van der Waals surface area contributed by atoms with Gasteiger partial charge in [0.05, 0.1) is 0 Å². The Morgan fingerprint density at radius 2 is 2.25 bits per heavy atom. The maximum atomic E-state index is 13.6. The van der Waals surface area contributed by atoms with Crippen LogP contribution in [0.3, 0.4) is 0 Å². The van der Waals surface area contributed by atoms with Gasteiger partial charge in [-0.1, -0.05) is 12.5 Å². The van der Waals surface area contributed by atoms with Crippen molar-refractivity contribution < 1.29 is 4.39 Å². The van der Waals surface area contributed by atoms with Crippen LogP contribution in [-0.2, 0) is 6.54 Å². The highest BCUT2D eigenvalue weighted by Crippen LogP contribution is 2.21. The molecule has 2 nitrogen and oxygen atoms in total. The molecule has 0 bridgehead atoms. The summed E-state index contributed by atoms with van der Waals surface area (Å²) >= 11 is 0. The highest BCUT2D eigenvalue weighted by molar-refractivity contribution is 5.40. The van der Waals surface area contributed by atoms with Gasteiger partial charge in [-0.15, -0.1) is 0 Å². The summed E-state index contributed by atoms with van der Waals surface area (Å²) in [6, 6.07) is 5.54. The molecule has 0 spiro atoms. The summed E-state index contributed by atoms with van der Waals surface area (Å²) in [7, 11) is 0. The van der Waals surface area contributed by atoms with Crippen molar-refractivity contribution in [2.24, 2.45) is 0 Å². The molecule has 2 rings (SSSR count). The molecular weight excluding hydrogens is 203 g/mol. The summed E-state index contributed by atoms with van der Waals surface area (Å²) in [6.07, 6.45) is 3.74. The molecular formula is C13H19FN2. The molecule has 1 unspecified atom stereocenters. The average Bonchev–Trinajstić information content (AvgIpc) is 2.25. The van der Waals surface area contributed by atoms with Crippen molar-refractivity contribution in [3.63, 3.8) is 0 Å². The van der Waals surface area contributed by atoms with E-state index in [9.17, 15) is 4.39 Å². The van der Waals surface area contributed by atoms with Crippen molar-refractivity contribution in [1.29, 1.82) is 0 Å². The van der Waals surface area contributed by atoms with Crippen molar-refractivity contribution in [3.05, 3.63) is 29.6 Å². The monoisotopic (exact) mass is 222 g/mol. The summed E-state index contributed by atoms with van der Waals surface area (Å²) < 4.78 is 13.6. The number of nitrogens with zero attached hydrogens (tertiary/aromatic N) is 1. The minimum Gasteiger partial charge on any atom is -0.399 e. The standard InChI is InChI=1S/C13H19FN2/c1-10-4-2-3-7-16(10)9-11-5-6-12(15)8-13(11)14/h5-6,8,10H,2-4,7,9,15H2,1H3. The van der Waals surface area contributed by atoms with Gasteiger partial charge < -0.3 is 5.73 Å². The van der Waals surface area contributed by atoms with Crippen LogP contribution >= 0.6 is 0 Å².